The van der Waals surface area contributed by atoms with Crippen molar-refractivity contribution in [3.63, 3.8) is 0 Å². The molecule has 3 aliphatic heterocycles. The number of hydrogen-bond donors (Lipinski definition) is 0. The van der Waals surface area contributed by atoms with Gasteiger partial charge in [0.2, 0.25) is 16.7 Å². The summed E-state index contributed by atoms with van der Waals surface area (Å²) < 4.78 is 68.7. The highest BCUT2D eigenvalue weighted by Gasteiger charge is 2.33. The van der Waals surface area contributed by atoms with Gasteiger partial charge >= 0.3 is 11.9 Å². The van der Waals surface area contributed by atoms with Crippen molar-refractivity contribution < 1.29 is 41.7 Å². The van der Waals surface area contributed by atoms with Gasteiger partial charge in [-0.3, -0.25) is 14.5 Å². The van der Waals surface area contributed by atoms with Gasteiger partial charge in [0.05, 0.1) is 58.6 Å². The van der Waals surface area contributed by atoms with E-state index in [1.54, 1.807) is 36.6 Å². The molecule has 62 heavy (non-hydrogen) atoms. The maximum atomic E-state index is 15.7. The molecule has 17 heteroatoms. The zero-order chi connectivity index (χ0) is 44.1. The Labute approximate surface area is 350 Å². The van der Waals surface area contributed by atoms with Crippen molar-refractivity contribution in [2.24, 2.45) is 0 Å². The molecule has 9 rings (SSSR count). The highest BCUT2D eigenvalue weighted by molar-refractivity contribution is 6.00. The molecule has 0 radical (unpaired) electrons. The van der Waals surface area contributed by atoms with E-state index in [4.69, 9.17) is 24.2 Å². The highest BCUT2D eigenvalue weighted by Crippen LogP contribution is 2.47. The smallest absolute Gasteiger partial charge is 0.343 e. The Morgan fingerprint density at radius 1 is 0.710 bits per heavy atom. The monoisotopic (exact) mass is 844 g/mol. The summed E-state index contributed by atoms with van der Waals surface area (Å²) in [6.45, 7) is 10.4. The molecule has 0 bridgehead atoms. The first-order valence-corrected chi connectivity index (χ1v) is 19.6. The van der Waals surface area contributed by atoms with Gasteiger partial charge in [-0.2, -0.15) is 14.9 Å². The van der Waals surface area contributed by atoms with Crippen LogP contribution in [0.5, 0.6) is 23.0 Å². The Morgan fingerprint density at radius 3 is 1.65 bits per heavy atom. The number of hydrogen-bond acceptors (Lipinski definition) is 12. The number of nitriles is 2. The van der Waals surface area contributed by atoms with Gasteiger partial charge in [0, 0.05) is 44.6 Å². The number of pyridine rings is 2. The van der Waals surface area contributed by atoms with Gasteiger partial charge < -0.3 is 33.0 Å². The van der Waals surface area contributed by atoms with Crippen LogP contribution in [0.1, 0.15) is 59.5 Å². The van der Waals surface area contributed by atoms with E-state index >= 15 is 4.39 Å². The summed E-state index contributed by atoms with van der Waals surface area (Å²) in [7, 11) is 0. The second-order valence-electron chi connectivity index (χ2n) is 14.7. The van der Waals surface area contributed by atoms with E-state index in [-0.39, 0.29) is 63.4 Å². The third kappa shape index (κ3) is 6.82. The standard InChI is InChI=1S/C26H25FN4O4.C19H10F2N2O4/c1-4-34-26(33)18-14-31-20-11-16(13-28)5-6-21(20)35-25-22(31)17(24(18)32)12-19(27)23(25)30-9-7-29(8-10-30)15(2)3;1-2-26-19(25)11-8-23-13-5-9(7-22)3-4-14(13)27-18-15(21)12(20)6-10(16(18)23)17(11)24/h5-6,11-12,14-15H,4,7-10H2,1-3H3;3-6,8H,2H2,1H3. The number of fused-ring (bicyclic) bond motifs is 4. The average Bonchev–Trinajstić information content (AvgIpc) is 3.27. The number of nitrogens with zero attached hydrogens (tertiary/aromatic N) is 6. The molecule has 314 valence electrons. The molecule has 0 saturated carbocycles. The van der Waals surface area contributed by atoms with Crippen molar-refractivity contribution in [3.05, 3.63) is 121 Å². The van der Waals surface area contributed by atoms with E-state index in [0.717, 1.165) is 19.2 Å². The van der Waals surface area contributed by atoms with Crippen LogP contribution in [0.15, 0.2) is 70.5 Å². The van der Waals surface area contributed by atoms with Gasteiger partial charge in [-0.15, -0.1) is 0 Å². The van der Waals surface area contributed by atoms with Crippen LogP contribution in [-0.2, 0) is 9.47 Å². The molecule has 0 spiro atoms. The quantitative estimate of drug-likeness (QED) is 0.154. The molecule has 5 heterocycles. The zero-order valence-corrected chi connectivity index (χ0v) is 33.7. The van der Waals surface area contributed by atoms with E-state index in [2.05, 4.69) is 24.8 Å². The van der Waals surface area contributed by atoms with Gasteiger partial charge in [-0.25, -0.2) is 18.4 Å². The van der Waals surface area contributed by atoms with Crippen molar-refractivity contribution in [2.45, 2.75) is 33.7 Å². The number of esters is 2. The summed E-state index contributed by atoms with van der Waals surface area (Å²) >= 11 is 0. The van der Waals surface area contributed by atoms with E-state index in [1.807, 2.05) is 11.0 Å². The molecule has 1 fully saturated rings. The van der Waals surface area contributed by atoms with Crippen molar-refractivity contribution >= 4 is 39.4 Å². The van der Waals surface area contributed by atoms with E-state index in [9.17, 15) is 33.2 Å². The normalized spacial score (nSPS) is 13.5. The fraction of sp³-hybridized carbons (Fsp3) is 0.244. The molecule has 3 aliphatic rings. The lowest BCUT2D eigenvalue weighted by Gasteiger charge is -2.39. The predicted molar refractivity (Wildman–Crippen MR) is 219 cm³/mol. The molecule has 4 aromatic carbocycles. The van der Waals surface area contributed by atoms with Crippen LogP contribution in [0.2, 0.25) is 0 Å². The maximum absolute atomic E-state index is 15.7. The summed E-state index contributed by atoms with van der Waals surface area (Å²) in [5.41, 5.74) is 0.0844. The van der Waals surface area contributed by atoms with Crippen LogP contribution >= 0.6 is 0 Å². The van der Waals surface area contributed by atoms with E-state index in [0.29, 0.717) is 47.3 Å². The lowest BCUT2D eigenvalue weighted by molar-refractivity contribution is 0.0514. The molecule has 0 N–H and O–H groups in total. The van der Waals surface area contributed by atoms with Gasteiger partial charge in [0.25, 0.3) is 0 Å². The predicted octanol–water partition coefficient (Wildman–Crippen LogP) is 7.24. The Bertz CT molecular complexity index is 3110. The van der Waals surface area contributed by atoms with Crippen LogP contribution in [0.4, 0.5) is 18.9 Å². The van der Waals surface area contributed by atoms with Crippen LogP contribution in [0.3, 0.4) is 0 Å². The first-order valence-electron chi connectivity index (χ1n) is 19.6. The number of anilines is 1. The maximum Gasteiger partial charge on any atom is 0.343 e. The second kappa shape index (κ2) is 16.1. The first-order chi connectivity index (χ1) is 29.8. The Kier molecular flexibility index (Phi) is 10.7. The van der Waals surface area contributed by atoms with Crippen LogP contribution < -0.4 is 25.2 Å². The van der Waals surface area contributed by atoms with Crippen molar-refractivity contribution in [2.75, 3.05) is 44.3 Å². The zero-order valence-electron chi connectivity index (χ0n) is 33.7. The van der Waals surface area contributed by atoms with E-state index in [1.165, 1.54) is 41.2 Å². The molecular weight excluding hydrogens is 810 g/mol. The molecule has 2 aromatic heterocycles. The average molecular weight is 845 g/mol. The summed E-state index contributed by atoms with van der Waals surface area (Å²) in [6, 6.07) is 15.5. The van der Waals surface area contributed by atoms with Crippen LogP contribution in [0, 0.1) is 40.1 Å². The van der Waals surface area contributed by atoms with Crippen molar-refractivity contribution in [3.8, 4) is 46.5 Å². The third-order valence-electron chi connectivity index (χ3n) is 10.8. The second-order valence-corrected chi connectivity index (χ2v) is 14.7. The number of halogens is 3. The molecule has 14 nitrogen and oxygen atoms in total. The molecule has 0 aliphatic carbocycles. The number of carbonyl (C=O) groups excluding carboxylic acids is 2. The fourth-order valence-corrected chi connectivity index (χ4v) is 7.80. The molecule has 0 unspecified atom stereocenters. The van der Waals surface area contributed by atoms with Crippen LogP contribution in [0.25, 0.3) is 33.2 Å². The number of aromatic nitrogens is 2. The van der Waals surface area contributed by atoms with Crippen molar-refractivity contribution in [1.29, 1.82) is 10.5 Å². The molecule has 0 atom stereocenters. The first kappa shape index (κ1) is 41.1. The Hall–Kier alpha value is -7.63. The van der Waals surface area contributed by atoms with Gasteiger partial charge in [0.1, 0.15) is 27.8 Å². The summed E-state index contributed by atoms with van der Waals surface area (Å²) in [6.07, 6.45) is 2.58. The summed E-state index contributed by atoms with van der Waals surface area (Å²) in [5, 5.41) is 18.3. The largest absolute Gasteiger partial charge is 0.462 e. The SMILES string of the molecule is CCOC(=O)c1cn2c3c(c(F)c(F)cc3c1=O)Oc1ccc(C#N)cc1-2.CCOC(=O)c1cn2c3c(c(N4CCN(C(C)C)CC4)c(F)cc3c1=O)Oc1ccc(C#N)cc1-2. The Balaban J connectivity index is 0.000000176. The lowest BCUT2D eigenvalue weighted by atomic mass is 10.0. The minimum atomic E-state index is -1.28. The van der Waals surface area contributed by atoms with Gasteiger partial charge in [0.15, 0.2) is 34.6 Å². The summed E-state index contributed by atoms with van der Waals surface area (Å²) in [4.78, 5) is 55.0. The minimum Gasteiger partial charge on any atom is -0.462 e. The number of piperazine rings is 1. The number of rotatable bonds is 6. The van der Waals surface area contributed by atoms with E-state index < -0.39 is 46.0 Å². The fourth-order valence-electron chi connectivity index (χ4n) is 7.80. The molecule has 1 saturated heterocycles. The van der Waals surface area contributed by atoms with Gasteiger partial charge in [-0.1, -0.05) is 0 Å². The molecule has 6 aromatic rings. The minimum absolute atomic E-state index is 0.0145. The number of benzene rings is 4. The highest BCUT2D eigenvalue weighted by atomic mass is 19.2. The van der Waals surface area contributed by atoms with Crippen LogP contribution in [-0.4, -0.2) is 71.4 Å². The summed E-state index contributed by atoms with van der Waals surface area (Å²) in [5.74, 6) is -4.50. The van der Waals surface area contributed by atoms with Crippen molar-refractivity contribution in [1.82, 2.24) is 14.0 Å². The Morgan fingerprint density at radius 2 is 1.18 bits per heavy atom. The van der Waals surface area contributed by atoms with Gasteiger partial charge in [-0.05, 0) is 76.2 Å². The number of carbonyl (C=O) groups is 2. The molecule has 0 amide bonds. The third-order valence-corrected chi connectivity index (χ3v) is 10.8. The number of ether oxygens (including phenoxy) is 4. The lowest BCUT2D eigenvalue weighted by Crippen LogP contribution is -2.49. The topological polar surface area (TPSA) is 169 Å². The molecular formula is C45H35F3N6O8.